The van der Waals surface area contributed by atoms with Crippen molar-refractivity contribution in [2.45, 2.75) is 39.7 Å². The number of esters is 1. The van der Waals surface area contributed by atoms with Gasteiger partial charge in [0.15, 0.2) is 0 Å². The number of non-ortho nitro benzene ring substituents is 1. The standard InChI is InChI=1S/C27H23N3O5/c1-16-23(17(2)35-29-16)15-34-27(31)25-21-10-3-4-12-24(21)28-26-19(8-6-11-22(25)26)13-18-7-5-9-20(14-18)30(32)33/h3-5,7,9-10,12-14H,6,8,11,15H2,1-2H3. The molecule has 1 aliphatic carbocycles. The van der Waals surface area contributed by atoms with E-state index < -0.39 is 10.9 Å². The third kappa shape index (κ3) is 4.30. The number of allylic oxidation sites excluding steroid dienone is 1. The summed E-state index contributed by atoms with van der Waals surface area (Å²) in [6.07, 6.45) is 4.20. The monoisotopic (exact) mass is 469 g/mol. The van der Waals surface area contributed by atoms with Gasteiger partial charge in [-0.2, -0.15) is 0 Å². The van der Waals surface area contributed by atoms with Gasteiger partial charge in [0.2, 0.25) is 0 Å². The Morgan fingerprint density at radius 3 is 2.77 bits per heavy atom. The minimum absolute atomic E-state index is 0.0328. The van der Waals surface area contributed by atoms with Crippen molar-refractivity contribution in [3.63, 3.8) is 0 Å². The molecule has 0 spiro atoms. The number of hydrogen-bond acceptors (Lipinski definition) is 7. The number of aryl methyl sites for hydroxylation is 2. The molecule has 2 aromatic heterocycles. The number of hydrogen-bond donors (Lipinski definition) is 0. The zero-order chi connectivity index (χ0) is 24.5. The third-order valence-electron chi connectivity index (χ3n) is 6.33. The Hall–Kier alpha value is -4.33. The van der Waals surface area contributed by atoms with Crippen molar-refractivity contribution in [3.8, 4) is 0 Å². The number of benzene rings is 2. The van der Waals surface area contributed by atoms with E-state index in [1.54, 1.807) is 19.1 Å². The van der Waals surface area contributed by atoms with Gasteiger partial charge < -0.3 is 9.26 Å². The zero-order valence-corrected chi connectivity index (χ0v) is 19.4. The van der Waals surface area contributed by atoms with Gasteiger partial charge in [-0.15, -0.1) is 0 Å². The lowest BCUT2D eigenvalue weighted by atomic mass is 9.86. The van der Waals surface area contributed by atoms with Crippen LogP contribution < -0.4 is 0 Å². The number of aromatic nitrogens is 2. The minimum Gasteiger partial charge on any atom is -0.457 e. The van der Waals surface area contributed by atoms with Crippen LogP contribution in [0.4, 0.5) is 5.69 Å². The molecule has 176 valence electrons. The molecule has 2 aromatic carbocycles. The average Bonchev–Trinajstić information content (AvgIpc) is 3.18. The summed E-state index contributed by atoms with van der Waals surface area (Å²) in [5, 5.41) is 15.9. The van der Waals surface area contributed by atoms with Crippen molar-refractivity contribution in [1.82, 2.24) is 10.1 Å². The number of carbonyl (C=O) groups excluding carboxylic acids is 1. The number of nitro groups is 1. The summed E-state index contributed by atoms with van der Waals surface area (Å²) < 4.78 is 10.9. The molecule has 0 aliphatic heterocycles. The second-order valence-electron chi connectivity index (χ2n) is 8.59. The summed E-state index contributed by atoms with van der Waals surface area (Å²) >= 11 is 0. The van der Waals surface area contributed by atoms with E-state index >= 15 is 0 Å². The van der Waals surface area contributed by atoms with Crippen LogP contribution in [0, 0.1) is 24.0 Å². The first-order valence-electron chi connectivity index (χ1n) is 11.4. The van der Waals surface area contributed by atoms with E-state index in [0.29, 0.717) is 29.0 Å². The summed E-state index contributed by atoms with van der Waals surface area (Å²) in [7, 11) is 0. The molecule has 8 nitrogen and oxygen atoms in total. The third-order valence-corrected chi connectivity index (χ3v) is 6.33. The molecular formula is C27H23N3O5. The molecule has 0 saturated carbocycles. The van der Waals surface area contributed by atoms with Crippen molar-refractivity contribution in [3.05, 3.63) is 98.0 Å². The summed E-state index contributed by atoms with van der Waals surface area (Å²) in [6.45, 7) is 3.67. The molecule has 0 unspecified atom stereocenters. The largest absolute Gasteiger partial charge is 0.457 e. The molecule has 0 N–H and O–H groups in total. The number of pyridine rings is 1. The first kappa shape index (κ1) is 22.5. The molecule has 0 saturated heterocycles. The second-order valence-corrected chi connectivity index (χ2v) is 8.59. The van der Waals surface area contributed by atoms with Crippen LogP contribution in [0.25, 0.3) is 22.6 Å². The van der Waals surface area contributed by atoms with Gasteiger partial charge >= 0.3 is 5.97 Å². The molecule has 2 heterocycles. The van der Waals surface area contributed by atoms with Crippen LogP contribution in [0.3, 0.4) is 0 Å². The van der Waals surface area contributed by atoms with Crippen molar-refractivity contribution in [2.75, 3.05) is 0 Å². The van der Waals surface area contributed by atoms with Crippen LogP contribution in [-0.2, 0) is 17.8 Å². The summed E-state index contributed by atoms with van der Waals surface area (Å²) in [4.78, 5) is 29.1. The van der Waals surface area contributed by atoms with Crippen LogP contribution in [0.15, 0.2) is 53.1 Å². The number of nitro benzene ring substituents is 1. The molecule has 0 fully saturated rings. The first-order valence-corrected chi connectivity index (χ1v) is 11.4. The highest BCUT2D eigenvalue weighted by atomic mass is 16.6. The van der Waals surface area contributed by atoms with Crippen LogP contribution in [0.1, 0.15) is 57.0 Å². The van der Waals surface area contributed by atoms with Gasteiger partial charge in [0.05, 0.1) is 33.0 Å². The molecule has 8 heteroatoms. The van der Waals surface area contributed by atoms with Crippen molar-refractivity contribution in [2.24, 2.45) is 0 Å². The number of carbonyl (C=O) groups is 1. The van der Waals surface area contributed by atoms with E-state index in [1.165, 1.54) is 6.07 Å². The zero-order valence-electron chi connectivity index (χ0n) is 19.4. The molecular weight excluding hydrogens is 446 g/mol. The number of ether oxygens (including phenoxy) is 1. The Labute approximate surface area is 201 Å². The molecule has 0 bridgehead atoms. The van der Waals surface area contributed by atoms with Crippen molar-refractivity contribution < 1.29 is 19.0 Å². The highest BCUT2D eigenvalue weighted by Crippen LogP contribution is 2.37. The molecule has 4 aromatic rings. The quantitative estimate of drug-likeness (QED) is 0.201. The first-order chi connectivity index (χ1) is 16.9. The van der Waals surface area contributed by atoms with Gasteiger partial charge in [-0.25, -0.2) is 9.78 Å². The van der Waals surface area contributed by atoms with Crippen LogP contribution in [-0.4, -0.2) is 21.0 Å². The van der Waals surface area contributed by atoms with E-state index in [1.807, 2.05) is 43.3 Å². The van der Waals surface area contributed by atoms with Gasteiger partial charge in [0, 0.05) is 17.5 Å². The average molecular weight is 469 g/mol. The Kier molecular flexibility index (Phi) is 5.86. The molecule has 5 rings (SSSR count). The van der Waals surface area contributed by atoms with Gasteiger partial charge in [-0.3, -0.25) is 10.1 Å². The van der Waals surface area contributed by atoms with Crippen LogP contribution in [0.2, 0.25) is 0 Å². The summed E-state index contributed by atoms with van der Waals surface area (Å²) in [6, 6.07) is 14.0. The number of fused-ring (bicyclic) bond motifs is 2. The maximum absolute atomic E-state index is 13.4. The smallest absolute Gasteiger partial charge is 0.339 e. The maximum Gasteiger partial charge on any atom is 0.339 e. The van der Waals surface area contributed by atoms with E-state index in [2.05, 4.69) is 5.16 Å². The fourth-order valence-electron chi connectivity index (χ4n) is 4.56. The van der Waals surface area contributed by atoms with Gasteiger partial charge in [-0.05, 0) is 62.0 Å². The maximum atomic E-state index is 13.4. The number of nitrogens with zero attached hydrogens (tertiary/aromatic N) is 3. The van der Waals surface area contributed by atoms with Crippen molar-refractivity contribution >= 4 is 34.2 Å². The fraction of sp³-hybridized carbons (Fsp3) is 0.222. The predicted octanol–water partition coefficient (Wildman–Crippen LogP) is 5.98. The SMILES string of the molecule is Cc1noc(C)c1COC(=O)c1c2c(nc3ccccc13)C(=Cc1cccc([N+](=O)[O-])c1)CCC2. The lowest BCUT2D eigenvalue weighted by Gasteiger charge is -2.22. The molecule has 1 aliphatic rings. The summed E-state index contributed by atoms with van der Waals surface area (Å²) in [5.41, 5.74) is 5.95. The lowest BCUT2D eigenvalue weighted by Crippen LogP contribution is -2.15. The van der Waals surface area contributed by atoms with E-state index in [9.17, 15) is 14.9 Å². The van der Waals surface area contributed by atoms with Gasteiger partial charge in [0.1, 0.15) is 12.4 Å². The molecule has 0 atom stereocenters. The van der Waals surface area contributed by atoms with Gasteiger partial charge in [-0.1, -0.05) is 35.5 Å². The highest BCUT2D eigenvalue weighted by Gasteiger charge is 2.26. The molecule has 0 radical (unpaired) electrons. The topological polar surface area (TPSA) is 108 Å². The summed E-state index contributed by atoms with van der Waals surface area (Å²) in [5.74, 6) is 0.204. The molecule has 35 heavy (non-hydrogen) atoms. The van der Waals surface area contributed by atoms with E-state index in [-0.39, 0.29) is 12.3 Å². The van der Waals surface area contributed by atoms with E-state index in [4.69, 9.17) is 14.2 Å². The lowest BCUT2D eigenvalue weighted by molar-refractivity contribution is -0.384. The van der Waals surface area contributed by atoms with E-state index in [0.717, 1.165) is 46.2 Å². The number of para-hydroxylation sites is 1. The molecule has 0 amide bonds. The highest BCUT2D eigenvalue weighted by molar-refractivity contribution is 6.06. The Morgan fingerprint density at radius 1 is 1.17 bits per heavy atom. The Balaban J connectivity index is 1.59. The van der Waals surface area contributed by atoms with Gasteiger partial charge in [0.25, 0.3) is 5.69 Å². The fourth-order valence-corrected chi connectivity index (χ4v) is 4.56. The predicted molar refractivity (Wildman–Crippen MR) is 131 cm³/mol. The van der Waals surface area contributed by atoms with Crippen molar-refractivity contribution in [1.29, 1.82) is 0 Å². The Morgan fingerprint density at radius 2 is 2.00 bits per heavy atom. The normalized spacial score (nSPS) is 14.2. The van der Waals surface area contributed by atoms with Crippen LogP contribution in [0.5, 0.6) is 0 Å². The minimum atomic E-state index is -0.420. The van der Waals surface area contributed by atoms with Crippen LogP contribution >= 0.6 is 0 Å². The second kappa shape index (κ2) is 9.13. The number of rotatable bonds is 5. The Bertz CT molecular complexity index is 1480.